The first-order valence-electron chi connectivity index (χ1n) is 7.36. The van der Waals surface area contributed by atoms with Crippen molar-refractivity contribution in [1.29, 1.82) is 0 Å². The average Bonchev–Trinajstić information content (AvgIpc) is 2.97. The number of benzene rings is 1. The molecule has 110 valence electrons. The fourth-order valence-electron chi connectivity index (χ4n) is 2.47. The van der Waals surface area contributed by atoms with Gasteiger partial charge in [-0.05, 0) is 37.8 Å². The van der Waals surface area contributed by atoms with E-state index in [9.17, 15) is 4.79 Å². The first-order chi connectivity index (χ1) is 9.75. The van der Waals surface area contributed by atoms with Gasteiger partial charge in [-0.1, -0.05) is 37.3 Å². The fourth-order valence-corrected chi connectivity index (χ4v) is 2.47. The molecule has 0 spiro atoms. The highest BCUT2D eigenvalue weighted by Crippen LogP contribution is 2.16. The summed E-state index contributed by atoms with van der Waals surface area (Å²) in [7, 11) is 0. The third-order valence-electron chi connectivity index (χ3n) is 3.66. The minimum absolute atomic E-state index is 0.123. The number of hydrogen-bond donors (Lipinski definition) is 1. The van der Waals surface area contributed by atoms with Crippen molar-refractivity contribution in [2.45, 2.75) is 38.6 Å². The molecule has 1 aliphatic heterocycles. The van der Waals surface area contributed by atoms with Crippen LogP contribution in [0.15, 0.2) is 30.3 Å². The molecule has 1 N–H and O–H groups in total. The molecule has 0 radical (unpaired) electrons. The lowest BCUT2D eigenvalue weighted by atomic mass is 10.0. The Balaban J connectivity index is 1.59. The molecule has 0 unspecified atom stereocenters. The largest absolute Gasteiger partial charge is 0.345 e. The predicted molar refractivity (Wildman–Crippen MR) is 77.0 cm³/mol. The van der Waals surface area contributed by atoms with Gasteiger partial charge < -0.3 is 5.32 Å². The zero-order valence-corrected chi connectivity index (χ0v) is 12.0. The smallest absolute Gasteiger partial charge is 0.314 e. The predicted octanol–water partition coefficient (Wildman–Crippen LogP) is 2.48. The van der Waals surface area contributed by atoms with Crippen LogP contribution in [-0.2, 0) is 21.0 Å². The van der Waals surface area contributed by atoms with Crippen molar-refractivity contribution in [3.05, 3.63) is 35.9 Å². The molecule has 0 saturated carbocycles. The molecule has 2 rings (SSSR count). The topological polar surface area (TPSA) is 47.6 Å². The van der Waals surface area contributed by atoms with Crippen molar-refractivity contribution in [3.8, 4) is 0 Å². The van der Waals surface area contributed by atoms with E-state index in [1.165, 1.54) is 12.0 Å². The highest BCUT2D eigenvalue weighted by molar-refractivity contribution is 5.71. The molecule has 1 saturated heterocycles. The Morgan fingerprint density at radius 3 is 2.90 bits per heavy atom. The van der Waals surface area contributed by atoms with Crippen LogP contribution >= 0.6 is 0 Å². The van der Waals surface area contributed by atoms with Crippen molar-refractivity contribution in [2.75, 3.05) is 13.2 Å². The molecule has 1 aromatic carbocycles. The summed E-state index contributed by atoms with van der Waals surface area (Å²) in [5.41, 5.74) is 1.17. The molecular formula is C16H23NO3. The molecule has 0 bridgehead atoms. The summed E-state index contributed by atoms with van der Waals surface area (Å²) in [4.78, 5) is 21.7. The van der Waals surface area contributed by atoms with E-state index < -0.39 is 0 Å². The van der Waals surface area contributed by atoms with E-state index in [0.717, 1.165) is 25.8 Å². The molecule has 0 amide bonds. The van der Waals surface area contributed by atoms with Gasteiger partial charge in [0.25, 0.3) is 0 Å². The first-order valence-corrected chi connectivity index (χ1v) is 7.36. The summed E-state index contributed by atoms with van der Waals surface area (Å²) in [5.74, 6) is -0.394. The van der Waals surface area contributed by atoms with Gasteiger partial charge in [0.15, 0.2) is 0 Å². The molecule has 1 aliphatic rings. The molecular weight excluding hydrogens is 254 g/mol. The minimum Gasteiger partial charge on any atom is -0.314 e. The van der Waals surface area contributed by atoms with E-state index >= 15 is 0 Å². The van der Waals surface area contributed by atoms with Crippen LogP contribution in [0.3, 0.4) is 0 Å². The SMILES string of the molecule is C[C@H](C[C@@H]1CCCN1)C(=O)OOCCc1ccccc1. The molecule has 1 fully saturated rings. The molecule has 1 aromatic rings. The average molecular weight is 277 g/mol. The summed E-state index contributed by atoms with van der Waals surface area (Å²) in [6.45, 7) is 3.34. The van der Waals surface area contributed by atoms with E-state index in [2.05, 4.69) is 5.32 Å². The van der Waals surface area contributed by atoms with Gasteiger partial charge >= 0.3 is 5.97 Å². The molecule has 2 atom stereocenters. The van der Waals surface area contributed by atoms with Crippen LogP contribution in [0.4, 0.5) is 0 Å². The number of hydrogen-bond acceptors (Lipinski definition) is 4. The Morgan fingerprint density at radius 2 is 2.20 bits per heavy atom. The van der Waals surface area contributed by atoms with Gasteiger partial charge in [0.1, 0.15) is 0 Å². The molecule has 4 nitrogen and oxygen atoms in total. The second-order valence-electron chi connectivity index (χ2n) is 5.39. The normalized spacial score (nSPS) is 19.8. The molecule has 4 heteroatoms. The zero-order chi connectivity index (χ0) is 14.2. The Bertz CT molecular complexity index is 401. The van der Waals surface area contributed by atoms with Crippen molar-refractivity contribution >= 4 is 5.97 Å². The Morgan fingerprint density at radius 1 is 1.40 bits per heavy atom. The third kappa shape index (κ3) is 4.94. The van der Waals surface area contributed by atoms with Crippen LogP contribution in [0.5, 0.6) is 0 Å². The Kier molecular flexibility index (Phi) is 6.02. The van der Waals surface area contributed by atoms with Gasteiger partial charge in [0, 0.05) is 6.04 Å². The van der Waals surface area contributed by atoms with E-state index in [4.69, 9.17) is 9.78 Å². The number of rotatable bonds is 7. The van der Waals surface area contributed by atoms with Crippen LogP contribution in [0.25, 0.3) is 0 Å². The number of carbonyl (C=O) groups is 1. The van der Waals surface area contributed by atoms with Crippen molar-refractivity contribution in [2.24, 2.45) is 5.92 Å². The number of nitrogens with one attached hydrogen (secondary N) is 1. The van der Waals surface area contributed by atoms with Crippen molar-refractivity contribution in [1.82, 2.24) is 5.32 Å². The van der Waals surface area contributed by atoms with Crippen molar-refractivity contribution in [3.63, 3.8) is 0 Å². The summed E-state index contributed by atoms with van der Waals surface area (Å²) in [6, 6.07) is 10.4. The van der Waals surface area contributed by atoms with Crippen LogP contribution in [-0.4, -0.2) is 25.2 Å². The van der Waals surface area contributed by atoms with E-state index in [1.807, 2.05) is 37.3 Å². The molecule has 0 aromatic heterocycles. The summed E-state index contributed by atoms with van der Waals surface area (Å²) in [6.07, 6.45) is 3.90. The molecule has 0 aliphatic carbocycles. The maximum atomic E-state index is 11.8. The maximum Gasteiger partial charge on any atom is 0.345 e. The van der Waals surface area contributed by atoms with Gasteiger partial charge in [-0.15, -0.1) is 0 Å². The van der Waals surface area contributed by atoms with E-state index in [-0.39, 0.29) is 11.9 Å². The van der Waals surface area contributed by atoms with Crippen LogP contribution in [0.1, 0.15) is 31.7 Å². The minimum atomic E-state index is -0.272. The van der Waals surface area contributed by atoms with Crippen LogP contribution in [0, 0.1) is 5.92 Å². The van der Waals surface area contributed by atoms with Gasteiger partial charge in [0.2, 0.25) is 0 Å². The van der Waals surface area contributed by atoms with Gasteiger partial charge in [-0.3, -0.25) is 4.89 Å². The van der Waals surface area contributed by atoms with Gasteiger partial charge in [-0.25, -0.2) is 4.79 Å². The molecule has 1 heterocycles. The number of carbonyl (C=O) groups excluding carboxylic acids is 1. The summed E-state index contributed by atoms with van der Waals surface area (Å²) in [5, 5.41) is 3.38. The van der Waals surface area contributed by atoms with Gasteiger partial charge in [0.05, 0.1) is 12.5 Å². The lowest BCUT2D eigenvalue weighted by Gasteiger charge is -2.14. The Labute approximate surface area is 120 Å². The first kappa shape index (κ1) is 15.0. The second-order valence-corrected chi connectivity index (χ2v) is 5.39. The lowest BCUT2D eigenvalue weighted by Crippen LogP contribution is -2.27. The molecule has 20 heavy (non-hydrogen) atoms. The van der Waals surface area contributed by atoms with E-state index in [0.29, 0.717) is 12.6 Å². The van der Waals surface area contributed by atoms with Crippen molar-refractivity contribution < 1.29 is 14.6 Å². The van der Waals surface area contributed by atoms with Crippen LogP contribution in [0.2, 0.25) is 0 Å². The lowest BCUT2D eigenvalue weighted by molar-refractivity contribution is -0.275. The third-order valence-corrected chi connectivity index (χ3v) is 3.66. The quantitative estimate of drug-likeness (QED) is 0.472. The Hall–Kier alpha value is -1.39. The monoisotopic (exact) mass is 277 g/mol. The highest BCUT2D eigenvalue weighted by atomic mass is 17.2. The van der Waals surface area contributed by atoms with E-state index in [1.54, 1.807) is 0 Å². The standard InChI is InChI=1S/C16H23NO3/c1-13(12-15-8-5-10-17-15)16(18)20-19-11-9-14-6-3-2-4-7-14/h2-4,6-7,13,15,17H,5,8-12H2,1H3/t13-,15+/m1/s1. The summed E-state index contributed by atoms with van der Waals surface area (Å²) >= 11 is 0. The van der Waals surface area contributed by atoms with Gasteiger partial charge in [-0.2, -0.15) is 4.89 Å². The second kappa shape index (κ2) is 8.02. The summed E-state index contributed by atoms with van der Waals surface area (Å²) < 4.78 is 0. The highest BCUT2D eigenvalue weighted by Gasteiger charge is 2.23. The fraction of sp³-hybridized carbons (Fsp3) is 0.562. The zero-order valence-electron chi connectivity index (χ0n) is 12.0. The maximum absolute atomic E-state index is 11.8. The van der Waals surface area contributed by atoms with Crippen LogP contribution < -0.4 is 5.32 Å².